The summed E-state index contributed by atoms with van der Waals surface area (Å²) in [6, 6.07) is 12.5. The number of ether oxygens (including phenoxy) is 1. The lowest BCUT2D eigenvalue weighted by molar-refractivity contribution is -0.139. The Hall–Kier alpha value is -3.11. The molecule has 2 heterocycles. The van der Waals surface area contributed by atoms with Crippen LogP contribution in [-0.4, -0.2) is 27.7 Å². The van der Waals surface area contributed by atoms with Crippen molar-refractivity contribution in [2.45, 2.75) is 30.2 Å². The van der Waals surface area contributed by atoms with Crippen molar-refractivity contribution in [2.24, 2.45) is 0 Å². The molecule has 0 aliphatic heterocycles. The van der Waals surface area contributed by atoms with Crippen molar-refractivity contribution in [1.29, 1.82) is 0 Å². The monoisotopic (exact) mass is 504 g/mol. The van der Waals surface area contributed by atoms with E-state index in [1.165, 1.54) is 23.5 Å². The van der Waals surface area contributed by atoms with Gasteiger partial charge in [0.05, 0.1) is 5.56 Å². The molecule has 0 fully saturated rings. The molecule has 2 aromatic carbocycles. The molecule has 0 aliphatic carbocycles. The van der Waals surface area contributed by atoms with E-state index in [1.54, 1.807) is 24.0 Å². The molecule has 1 N–H and O–H groups in total. The number of carbonyl (C=O) groups is 1. The second-order valence-electron chi connectivity index (χ2n) is 7.31. The van der Waals surface area contributed by atoms with Crippen LogP contribution in [0.2, 0.25) is 0 Å². The lowest BCUT2D eigenvalue weighted by Crippen LogP contribution is -2.10. The lowest BCUT2D eigenvalue weighted by Gasteiger charge is -2.11. The molecule has 0 radical (unpaired) electrons. The second kappa shape index (κ2) is 10.0. The molecule has 0 saturated carbocycles. The van der Waals surface area contributed by atoms with Crippen LogP contribution in [0.25, 0.3) is 20.9 Å². The zero-order valence-electron chi connectivity index (χ0n) is 17.9. The summed E-state index contributed by atoms with van der Waals surface area (Å²) in [4.78, 5) is 21.5. The van der Waals surface area contributed by atoms with E-state index in [9.17, 15) is 18.0 Å². The third-order valence-electron chi connectivity index (χ3n) is 5.00. The number of carboxylic acids is 1. The highest BCUT2D eigenvalue weighted by Gasteiger charge is 2.30. The summed E-state index contributed by atoms with van der Waals surface area (Å²) in [5.41, 5.74) is 2.53. The number of alkyl halides is 3. The van der Waals surface area contributed by atoms with Gasteiger partial charge in [-0.25, -0.2) is 14.8 Å². The predicted octanol–water partition coefficient (Wildman–Crippen LogP) is 6.70. The van der Waals surface area contributed by atoms with E-state index in [0.29, 0.717) is 28.5 Å². The van der Waals surface area contributed by atoms with Crippen molar-refractivity contribution < 1.29 is 27.8 Å². The number of aryl methyl sites for hydroxylation is 1. The first-order chi connectivity index (χ1) is 16.2. The normalized spacial score (nSPS) is 11.6. The summed E-state index contributed by atoms with van der Waals surface area (Å²) in [7, 11) is 0. The molecular formula is C24H19F3N2O3S2. The number of pyridine rings is 1. The van der Waals surface area contributed by atoms with Gasteiger partial charge in [-0.1, -0.05) is 30.4 Å². The molecule has 10 heteroatoms. The zero-order chi connectivity index (χ0) is 24.3. The van der Waals surface area contributed by atoms with Crippen molar-refractivity contribution in [1.82, 2.24) is 9.97 Å². The maximum Gasteiger partial charge on any atom is 0.416 e. The maximum absolute atomic E-state index is 12.9. The third kappa shape index (κ3) is 5.51. The fraction of sp³-hybridized carbons (Fsp3) is 0.208. The molecular weight excluding hydrogens is 485 g/mol. The van der Waals surface area contributed by atoms with Crippen LogP contribution in [0.1, 0.15) is 23.6 Å². The minimum absolute atomic E-state index is 0.389. The van der Waals surface area contributed by atoms with Crippen LogP contribution in [-0.2, 0) is 23.1 Å². The Morgan fingerprint density at radius 2 is 1.88 bits per heavy atom. The Balaban J connectivity index is 1.53. The number of aromatic nitrogens is 2. The van der Waals surface area contributed by atoms with Crippen molar-refractivity contribution in [3.05, 3.63) is 71.4 Å². The van der Waals surface area contributed by atoms with Crippen LogP contribution in [0.3, 0.4) is 0 Å². The Labute approximate surface area is 201 Å². The molecule has 0 saturated heterocycles. The van der Waals surface area contributed by atoms with E-state index < -0.39 is 17.7 Å². The Bertz CT molecular complexity index is 1320. The van der Waals surface area contributed by atoms with Crippen LogP contribution in [0.5, 0.6) is 5.75 Å². The van der Waals surface area contributed by atoms with Gasteiger partial charge in [0.2, 0.25) is 0 Å². The number of benzene rings is 2. The van der Waals surface area contributed by atoms with E-state index in [-0.39, 0.29) is 6.61 Å². The number of aliphatic carboxylic acids is 1. The van der Waals surface area contributed by atoms with Gasteiger partial charge in [0.15, 0.2) is 6.61 Å². The minimum Gasteiger partial charge on any atom is -0.482 e. The number of rotatable bonds is 8. The highest BCUT2D eigenvalue weighted by molar-refractivity contribution is 7.98. The number of hydrogen-bond acceptors (Lipinski definition) is 6. The molecule has 0 amide bonds. The van der Waals surface area contributed by atoms with Gasteiger partial charge in [-0.15, -0.1) is 11.8 Å². The molecule has 0 atom stereocenters. The van der Waals surface area contributed by atoms with Gasteiger partial charge in [-0.3, -0.25) is 0 Å². The van der Waals surface area contributed by atoms with Gasteiger partial charge in [0.25, 0.3) is 0 Å². The number of thiazole rings is 1. The molecule has 176 valence electrons. The summed E-state index contributed by atoms with van der Waals surface area (Å²) in [5.74, 6) is 0.149. The quantitative estimate of drug-likeness (QED) is 0.269. The molecule has 0 unspecified atom stereocenters. The first-order valence-electron chi connectivity index (χ1n) is 10.3. The van der Waals surface area contributed by atoms with Crippen LogP contribution >= 0.6 is 23.1 Å². The summed E-state index contributed by atoms with van der Waals surface area (Å²) in [5, 5.41) is 9.44. The fourth-order valence-electron chi connectivity index (χ4n) is 3.29. The van der Waals surface area contributed by atoms with Crippen LogP contribution in [0.4, 0.5) is 13.2 Å². The minimum atomic E-state index is -4.38. The molecule has 0 bridgehead atoms. The second-order valence-corrected chi connectivity index (χ2v) is 9.34. The molecule has 5 nitrogen and oxygen atoms in total. The van der Waals surface area contributed by atoms with Crippen LogP contribution < -0.4 is 4.74 Å². The molecule has 0 spiro atoms. The fourth-order valence-corrected chi connectivity index (χ4v) is 5.19. The maximum atomic E-state index is 12.9. The van der Waals surface area contributed by atoms with E-state index in [0.717, 1.165) is 38.5 Å². The third-order valence-corrected chi connectivity index (χ3v) is 7.05. The Morgan fingerprint density at radius 3 is 2.56 bits per heavy atom. The SMILES string of the molecule is CCc1cc(SCc2ccnc3sc(-c4ccc(C(F)(F)F)cc4)nc23)ccc1OCC(=O)O. The molecule has 2 aromatic heterocycles. The van der Waals surface area contributed by atoms with Gasteiger partial charge in [-0.2, -0.15) is 13.2 Å². The summed E-state index contributed by atoms with van der Waals surface area (Å²) in [6.45, 7) is 1.58. The number of nitrogens with zero attached hydrogens (tertiary/aromatic N) is 2. The van der Waals surface area contributed by atoms with E-state index in [2.05, 4.69) is 9.97 Å². The van der Waals surface area contributed by atoms with Gasteiger partial charge in [0, 0.05) is 22.4 Å². The number of carboxylic acid groups (broad SMARTS) is 1. The highest BCUT2D eigenvalue weighted by atomic mass is 32.2. The van der Waals surface area contributed by atoms with Crippen molar-refractivity contribution in [2.75, 3.05) is 6.61 Å². The average Bonchev–Trinajstić information content (AvgIpc) is 3.26. The number of halogens is 3. The van der Waals surface area contributed by atoms with Gasteiger partial charge in [0.1, 0.15) is 21.1 Å². The summed E-state index contributed by atoms with van der Waals surface area (Å²) >= 11 is 2.94. The number of fused-ring (bicyclic) bond motifs is 1. The standard InChI is InChI=1S/C24H19F3N2O3S2/c1-2-14-11-18(7-8-19(14)32-12-20(30)31)33-13-16-9-10-28-23-21(16)29-22(34-23)15-3-5-17(6-4-15)24(25,26)27/h3-11H,2,12-13H2,1H3,(H,30,31). The van der Waals surface area contributed by atoms with Crippen LogP contribution in [0.15, 0.2) is 59.6 Å². The number of hydrogen-bond donors (Lipinski definition) is 1. The Kier molecular flexibility index (Phi) is 7.08. The first-order valence-corrected chi connectivity index (χ1v) is 12.1. The Morgan fingerprint density at radius 1 is 1.12 bits per heavy atom. The first kappa shape index (κ1) is 24.0. The van der Waals surface area contributed by atoms with Gasteiger partial charge < -0.3 is 9.84 Å². The predicted molar refractivity (Wildman–Crippen MR) is 126 cm³/mol. The molecule has 4 aromatic rings. The molecule has 0 aliphatic rings. The van der Waals surface area contributed by atoms with Gasteiger partial charge in [-0.05, 0) is 53.9 Å². The van der Waals surface area contributed by atoms with Crippen LogP contribution in [0, 0.1) is 0 Å². The summed E-state index contributed by atoms with van der Waals surface area (Å²) in [6.07, 6.45) is -1.98. The van der Waals surface area contributed by atoms with Crippen molar-refractivity contribution >= 4 is 39.4 Å². The van der Waals surface area contributed by atoms with E-state index in [4.69, 9.17) is 9.84 Å². The zero-order valence-corrected chi connectivity index (χ0v) is 19.6. The van der Waals surface area contributed by atoms with Crippen molar-refractivity contribution in [3.63, 3.8) is 0 Å². The molecule has 4 rings (SSSR count). The smallest absolute Gasteiger partial charge is 0.416 e. The van der Waals surface area contributed by atoms with Crippen molar-refractivity contribution in [3.8, 4) is 16.3 Å². The largest absolute Gasteiger partial charge is 0.482 e. The molecule has 34 heavy (non-hydrogen) atoms. The van der Waals surface area contributed by atoms with E-state index >= 15 is 0 Å². The summed E-state index contributed by atoms with van der Waals surface area (Å²) < 4.78 is 43.9. The van der Waals surface area contributed by atoms with Gasteiger partial charge >= 0.3 is 12.1 Å². The lowest BCUT2D eigenvalue weighted by atomic mass is 10.1. The topological polar surface area (TPSA) is 72.3 Å². The average molecular weight is 505 g/mol. The number of thioether (sulfide) groups is 1. The van der Waals surface area contributed by atoms with E-state index in [1.807, 2.05) is 25.1 Å². The highest BCUT2D eigenvalue weighted by Crippen LogP contribution is 2.36.